The van der Waals surface area contributed by atoms with Crippen LogP contribution in [0, 0.1) is 0 Å². The third-order valence-electron chi connectivity index (χ3n) is 2.21. The van der Waals surface area contributed by atoms with Crippen LogP contribution in [-0.4, -0.2) is 0 Å². The zero-order valence-electron chi connectivity index (χ0n) is 9.89. The van der Waals surface area contributed by atoms with Gasteiger partial charge in [-0.25, -0.2) is 0 Å². The Morgan fingerprint density at radius 2 is 1.64 bits per heavy atom. The first-order chi connectivity index (χ1) is 6.41. The summed E-state index contributed by atoms with van der Waals surface area (Å²) in [6, 6.07) is 8.62. The van der Waals surface area contributed by atoms with Crippen molar-refractivity contribution in [2.45, 2.75) is 40.0 Å². The van der Waals surface area contributed by atoms with Crippen molar-refractivity contribution in [3.63, 3.8) is 0 Å². The summed E-state index contributed by atoms with van der Waals surface area (Å²) < 4.78 is 0. The standard InChI is InChI=1S/C14H20/c1-11(2)10-12-8-6-7-9-13(12)14(3,4)5/h6-10H,1-5H3. The molecule has 0 aliphatic rings. The smallest absolute Gasteiger partial charge is 0.0126 e. The van der Waals surface area contributed by atoms with Crippen LogP contribution in [0.2, 0.25) is 0 Å². The molecule has 0 amide bonds. The number of benzene rings is 1. The molecule has 0 bridgehead atoms. The average molecular weight is 188 g/mol. The van der Waals surface area contributed by atoms with Crippen molar-refractivity contribution in [3.05, 3.63) is 41.0 Å². The van der Waals surface area contributed by atoms with Crippen LogP contribution < -0.4 is 0 Å². The summed E-state index contributed by atoms with van der Waals surface area (Å²) in [4.78, 5) is 0. The molecule has 0 unspecified atom stereocenters. The fourth-order valence-corrected chi connectivity index (χ4v) is 1.62. The lowest BCUT2D eigenvalue weighted by Gasteiger charge is -2.21. The van der Waals surface area contributed by atoms with E-state index < -0.39 is 0 Å². The molecule has 0 N–H and O–H groups in total. The minimum atomic E-state index is 0.225. The van der Waals surface area contributed by atoms with Crippen molar-refractivity contribution < 1.29 is 0 Å². The lowest BCUT2D eigenvalue weighted by Crippen LogP contribution is -2.12. The molecule has 1 rings (SSSR count). The second-order valence-electron chi connectivity index (χ2n) is 5.06. The SMILES string of the molecule is CC(C)=Cc1ccccc1C(C)(C)C. The van der Waals surface area contributed by atoms with E-state index in [9.17, 15) is 0 Å². The minimum absolute atomic E-state index is 0.225. The lowest BCUT2D eigenvalue weighted by molar-refractivity contribution is 0.589. The van der Waals surface area contributed by atoms with Gasteiger partial charge in [-0.3, -0.25) is 0 Å². The maximum absolute atomic E-state index is 2.25. The third kappa shape index (κ3) is 2.73. The van der Waals surface area contributed by atoms with Gasteiger partial charge in [0.1, 0.15) is 0 Å². The van der Waals surface area contributed by atoms with Gasteiger partial charge in [0.2, 0.25) is 0 Å². The van der Waals surface area contributed by atoms with Crippen molar-refractivity contribution in [2.75, 3.05) is 0 Å². The maximum Gasteiger partial charge on any atom is -0.0126 e. The Kier molecular flexibility index (Phi) is 3.15. The van der Waals surface area contributed by atoms with Gasteiger partial charge in [-0.05, 0) is 30.4 Å². The molecule has 0 saturated heterocycles. The van der Waals surface area contributed by atoms with Gasteiger partial charge in [-0.15, -0.1) is 0 Å². The van der Waals surface area contributed by atoms with Crippen LogP contribution in [-0.2, 0) is 5.41 Å². The largest absolute Gasteiger partial charge is 0.0758 e. The topological polar surface area (TPSA) is 0 Å². The van der Waals surface area contributed by atoms with Crippen molar-refractivity contribution in [1.82, 2.24) is 0 Å². The number of rotatable bonds is 1. The van der Waals surface area contributed by atoms with E-state index in [1.165, 1.54) is 16.7 Å². The Bertz CT molecular complexity index is 333. The molecule has 1 aromatic rings. The molecule has 0 spiro atoms. The van der Waals surface area contributed by atoms with E-state index >= 15 is 0 Å². The van der Waals surface area contributed by atoms with Gasteiger partial charge in [0.25, 0.3) is 0 Å². The minimum Gasteiger partial charge on any atom is -0.0758 e. The molecule has 14 heavy (non-hydrogen) atoms. The molecule has 0 aliphatic heterocycles. The second kappa shape index (κ2) is 4.00. The normalized spacial score (nSPS) is 11.2. The van der Waals surface area contributed by atoms with Crippen molar-refractivity contribution in [3.8, 4) is 0 Å². The van der Waals surface area contributed by atoms with E-state index in [0.29, 0.717) is 0 Å². The van der Waals surface area contributed by atoms with Crippen molar-refractivity contribution in [1.29, 1.82) is 0 Å². The molecular weight excluding hydrogens is 168 g/mol. The first kappa shape index (κ1) is 11.0. The maximum atomic E-state index is 2.25. The number of allylic oxidation sites excluding steroid dienone is 1. The van der Waals surface area contributed by atoms with Crippen LogP contribution in [0.15, 0.2) is 29.8 Å². The van der Waals surface area contributed by atoms with E-state index in [1.54, 1.807) is 0 Å². The van der Waals surface area contributed by atoms with Crippen LogP contribution in [0.4, 0.5) is 0 Å². The molecule has 1 aromatic carbocycles. The van der Waals surface area contributed by atoms with Gasteiger partial charge in [0.15, 0.2) is 0 Å². The lowest BCUT2D eigenvalue weighted by atomic mass is 9.83. The highest BCUT2D eigenvalue weighted by atomic mass is 14.2. The third-order valence-corrected chi connectivity index (χ3v) is 2.21. The van der Waals surface area contributed by atoms with E-state index in [0.717, 1.165) is 0 Å². The highest BCUT2D eigenvalue weighted by Crippen LogP contribution is 2.26. The molecule has 0 saturated carbocycles. The summed E-state index contributed by atoms with van der Waals surface area (Å²) in [6.45, 7) is 11.0. The summed E-state index contributed by atoms with van der Waals surface area (Å²) in [5.41, 5.74) is 4.34. The van der Waals surface area contributed by atoms with Gasteiger partial charge in [0, 0.05) is 0 Å². The Morgan fingerprint density at radius 1 is 1.07 bits per heavy atom. The molecule has 76 valence electrons. The summed E-state index contributed by atoms with van der Waals surface area (Å²) >= 11 is 0. The summed E-state index contributed by atoms with van der Waals surface area (Å²) in [6.07, 6.45) is 2.25. The Morgan fingerprint density at radius 3 is 2.14 bits per heavy atom. The predicted molar refractivity (Wildman–Crippen MR) is 64.5 cm³/mol. The van der Waals surface area contributed by atoms with E-state index in [4.69, 9.17) is 0 Å². The summed E-state index contributed by atoms with van der Waals surface area (Å²) in [5, 5.41) is 0. The number of hydrogen-bond acceptors (Lipinski definition) is 0. The quantitative estimate of drug-likeness (QED) is 0.612. The van der Waals surface area contributed by atoms with E-state index in [2.05, 4.69) is 65.0 Å². The molecule has 0 nitrogen and oxygen atoms in total. The first-order valence-electron chi connectivity index (χ1n) is 5.15. The Hall–Kier alpha value is -1.04. The van der Waals surface area contributed by atoms with Gasteiger partial charge in [0.05, 0.1) is 0 Å². The zero-order valence-corrected chi connectivity index (χ0v) is 9.89. The fraction of sp³-hybridized carbons (Fsp3) is 0.429. The van der Waals surface area contributed by atoms with Gasteiger partial charge >= 0.3 is 0 Å². The molecule has 0 fully saturated rings. The monoisotopic (exact) mass is 188 g/mol. The Balaban J connectivity index is 3.24. The van der Waals surface area contributed by atoms with Crippen LogP contribution in [0.3, 0.4) is 0 Å². The van der Waals surface area contributed by atoms with Gasteiger partial charge < -0.3 is 0 Å². The van der Waals surface area contributed by atoms with Crippen molar-refractivity contribution in [2.24, 2.45) is 0 Å². The van der Waals surface area contributed by atoms with Gasteiger partial charge in [-0.1, -0.05) is 56.7 Å². The molecular formula is C14H20. The predicted octanol–water partition coefficient (Wildman–Crippen LogP) is 4.41. The highest BCUT2D eigenvalue weighted by Gasteiger charge is 2.15. The van der Waals surface area contributed by atoms with Gasteiger partial charge in [-0.2, -0.15) is 0 Å². The summed E-state index contributed by atoms with van der Waals surface area (Å²) in [7, 11) is 0. The van der Waals surface area contributed by atoms with Crippen LogP contribution in [0.5, 0.6) is 0 Å². The summed E-state index contributed by atoms with van der Waals surface area (Å²) in [5.74, 6) is 0. The zero-order chi connectivity index (χ0) is 10.8. The molecule has 0 aliphatic carbocycles. The molecule has 0 radical (unpaired) electrons. The van der Waals surface area contributed by atoms with Crippen LogP contribution in [0.25, 0.3) is 6.08 Å². The first-order valence-corrected chi connectivity index (χ1v) is 5.15. The van der Waals surface area contributed by atoms with Crippen LogP contribution in [0.1, 0.15) is 45.7 Å². The highest BCUT2D eigenvalue weighted by molar-refractivity contribution is 5.57. The second-order valence-corrected chi connectivity index (χ2v) is 5.06. The van der Waals surface area contributed by atoms with E-state index in [-0.39, 0.29) is 5.41 Å². The molecule has 0 aromatic heterocycles. The number of hydrogen-bond donors (Lipinski definition) is 0. The average Bonchev–Trinajstić information content (AvgIpc) is 2.01. The molecule has 0 heterocycles. The Labute approximate surface area is 87.7 Å². The van der Waals surface area contributed by atoms with E-state index in [1.807, 2.05) is 0 Å². The molecule has 0 heteroatoms. The molecule has 0 atom stereocenters. The van der Waals surface area contributed by atoms with Crippen molar-refractivity contribution >= 4 is 6.08 Å². The van der Waals surface area contributed by atoms with Crippen LogP contribution >= 0.6 is 0 Å². The fourth-order valence-electron chi connectivity index (χ4n) is 1.62.